The molecule has 0 bridgehead atoms. The van der Waals surface area contributed by atoms with E-state index in [4.69, 9.17) is 4.74 Å². The molecule has 1 aliphatic carbocycles. The van der Waals surface area contributed by atoms with Crippen LogP contribution < -0.4 is 5.32 Å². The first-order valence-corrected chi connectivity index (χ1v) is 8.93. The van der Waals surface area contributed by atoms with Gasteiger partial charge in [0.1, 0.15) is 6.10 Å². The first-order valence-electron chi connectivity index (χ1n) is 8.93. The van der Waals surface area contributed by atoms with Gasteiger partial charge in [0.15, 0.2) is 0 Å². The van der Waals surface area contributed by atoms with Crippen molar-refractivity contribution in [1.29, 1.82) is 0 Å². The fourth-order valence-corrected chi connectivity index (χ4v) is 3.95. The number of ether oxygens (including phenoxy) is 1. The van der Waals surface area contributed by atoms with Crippen LogP contribution in [0.4, 0.5) is 0 Å². The summed E-state index contributed by atoms with van der Waals surface area (Å²) >= 11 is 0. The molecule has 1 amide bonds. The van der Waals surface area contributed by atoms with E-state index in [1.165, 1.54) is 22.3 Å². The number of carbonyl (C=O) groups excluding carboxylic acids is 1. The summed E-state index contributed by atoms with van der Waals surface area (Å²) in [4.78, 5) is 13.7. The molecule has 0 saturated carbocycles. The Morgan fingerprint density at radius 1 is 1.04 bits per heavy atom. The van der Waals surface area contributed by atoms with Crippen LogP contribution in [-0.4, -0.2) is 43.7 Å². The summed E-state index contributed by atoms with van der Waals surface area (Å²) < 4.78 is 5.97. The number of nitrogens with zero attached hydrogens (tertiary/aromatic N) is 1. The van der Waals surface area contributed by atoms with Crippen molar-refractivity contribution >= 4 is 5.91 Å². The minimum atomic E-state index is -0.287. The van der Waals surface area contributed by atoms with E-state index >= 15 is 0 Å². The van der Waals surface area contributed by atoms with E-state index in [9.17, 15) is 4.79 Å². The van der Waals surface area contributed by atoms with Crippen LogP contribution in [0.1, 0.15) is 30.0 Å². The fraction of sp³-hybridized carbons (Fsp3) is 0.381. The molecular weight excluding hydrogens is 312 g/mol. The molecule has 1 fully saturated rings. The lowest BCUT2D eigenvalue weighted by molar-refractivity contribution is -0.140. The van der Waals surface area contributed by atoms with Crippen molar-refractivity contribution in [1.82, 2.24) is 10.2 Å². The van der Waals surface area contributed by atoms with Gasteiger partial charge in [-0.2, -0.15) is 0 Å². The molecule has 1 aliphatic heterocycles. The summed E-state index contributed by atoms with van der Waals surface area (Å²) in [7, 11) is 3.56. The molecule has 4 nitrogen and oxygen atoms in total. The molecule has 1 N–H and O–H groups in total. The SMILES string of the molecule is CN(C)C(=O)[C@H]1CC[C@@H](CNC2c3ccccc3-c3ccccc32)O1. The van der Waals surface area contributed by atoms with Crippen LogP contribution in [0.3, 0.4) is 0 Å². The highest BCUT2D eigenvalue weighted by Crippen LogP contribution is 2.43. The van der Waals surface area contributed by atoms with E-state index in [0.717, 1.165) is 19.4 Å². The average Bonchev–Trinajstić information content (AvgIpc) is 3.22. The minimum absolute atomic E-state index is 0.0686. The molecule has 0 unspecified atom stereocenters. The van der Waals surface area contributed by atoms with Crippen molar-refractivity contribution in [2.75, 3.05) is 20.6 Å². The molecule has 2 aromatic carbocycles. The highest BCUT2D eigenvalue weighted by Gasteiger charge is 2.33. The highest BCUT2D eigenvalue weighted by molar-refractivity contribution is 5.80. The van der Waals surface area contributed by atoms with Gasteiger partial charge in [0.25, 0.3) is 5.91 Å². The zero-order valence-corrected chi connectivity index (χ0v) is 14.7. The number of hydrogen-bond donors (Lipinski definition) is 1. The van der Waals surface area contributed by atoms with Crippen LogP contribution in [0, 0.1) is 0 Å². The van der Waals surface area contributed by atoms with E-state index in [2.05, 4.69) is 53.8 Å². The van der Waals surface area contributed by atoms with E-state index in [1.54, 1.807) is 19.0 Å². The first-order chi connectivity index (χ1) is 12.1. The van der Waals surface area contributed by atoms with Crippen molar-refractivity contribution in [3.8, 4) is 11.1 Å². The maximum absolute atomic E-state index is 12.1. The number of benzene rings is 2. The lowest BCUT2D eigenvalue weighted by Gasteiger charge is -2.20. The predicted molar refractivity (Wildman–Crippen MR) is 98.3 cm³/mol. The third-order valence-corrected chi connectivity index (χ3v) is 5.21. The lowest BCUT2D eigenvalue weighted by atomic mass is 10.0. The molecule has 1 saturated heterocycles. The Morgan fingerprint density at radius 3 is 2.24 bits per heavy atom. The summed E-state index contributed by atoms with van der Waals surface area (Å²) in [6, 6.07) is 17.3. The van der Waals surface area contributed by atoms with E-state index in [-0.39, 0.29) is 24.2 Å². The Hall–Kier alpha value is -2.17. The van der Waals surface area contributed by atoms with E-state index < -0.39 is 0 Å². The van der Waals surface area contributed by atoms with Crippen molar-refractivity contribution in [3.05, 3.63) is 59.7 Å². The Bertz CT molecular complexity index is 741. The zero-order valence-electron chi connectivity index (χ0n) is 14.7. The largest absolute Gasteiger partial charge is 0.364 e. The number of hydrogen-bond acceptors (Lipinski definition) is 3. The molecule has 1 heterocycles. The monoisotopic (exact) mass is 336 g/mol. The summed E-state index contributed by atoms with van der Waals surface area (Å²) in [6.45, 7) is 0.755. The van der Waals surface area contributed by atoms with Crippen molar-refractivity contribution in [3.63, 3.8) is 0 Å². The molecule has 4 rings (SSSR count). The fourth-order valence-electron chi connectivity index (χ4n) is 3.95. The standard InChI is InChI=1S/C21H24N2O2/c1-23(2)21(24)19-12-11-14(25-19)13-22-20-17-9-5-3-7-15(17)16-8-4-6-10-18(16)20/h3-10,14,19-20,22H,11-13H2,1-2H3/t14-,19+/m0/s1. The number of amides is 1. The second-order valence-corrected chi connectivity index (χ2v) is 7.07. The molecule has 0 spiro atoms. The van der Waals surface area contributed by atoms with Crippen LogP contribution in [0.25, 0.3) is 11.1 Å². The summed E-state index contributed by atoms with van der Waals surface area (Å²) in [5.74, 6) is 0.0686. The van der Waals surface area contributed by atoms with Crippen LogP contribution in [0.2, 0.25) is 0 Å². The van der Waals surface area contributed by atoms with Gasteiger partial charge >= 0.3 is 0 Å². The van der Waals surface area contributed by atoms with Crippen molar-refractivity contribution < 1.29 is 9.53 Å². The van der Waals surface area contributed by atoms with Crippen LogP contribution in [0.15, 0.2) is 48.5 Å². The Labute approximate surface area is 148 Å². The van der Waals surface area contributed by atoms with Gasteiger partial charge in [-0.1, -0.05) is 48.5 Å². The quantitative estimate of drug-likeness (QED) is 0.933. The Balaban J connectivity index is 1.46. The summed E-state index contributed by atoms with van der Waals surface area (Å²) in [5.41, 5.74) is 5.26. The van der Waals surface area contributed by atoms with E-state index in [1.807, 2.05) is 0 Å². The normalized spacial score (nSPS) is 21.8. The molecule has 2 aromatic rings. The minimum Gasteiger partial charge on any atom is -0.364 e. The zero-order chi connectivity index (χ0) is 17.4. The first kappa shape index (κ1) is 16.3. The van der Waals surface area contributed by atoms with Crippen molar-refractivity contribution in [2.24, 2.45) is 0 Å². The number of nitrogens with one attached hydrogen (secondary N) is 1. The smallest absolute Gasteiger partial charge is 0.251 e. The van der Waals surface area contributed by atoms with Gasteiger partial charge in [0.2, 0.25) is 0 Å². The summed E-state index contributed by atoms with van der Waals surface area (Å²) in [5, 5.41) is 3.67. The van der Waals surface area contributed by atoms with Gasteiger partial charge in [-0.05, 0) is 35.1 Å². The van der Waals surface area contributed by atoms with Crippen LogP contribution in [0.5, 0.6) is 0 Å². The molecule has 4 heteroatoms. The molecule has 0 radical (unpaired) electrons. The van der Waals surface area contributed by atoms with Crippen LogP contribution in [-0.2, 0) is 9.53 Å². The van der Waals surface area contributed by atoms with Gasteiger partial charge in [-0.25, -0.2) is 0 Å². The highest BCUT2D eigenvalue weighted by atomic mass is 16.5. The topological polar surface area (TPSA) is 41.6 Å². The van der Waals surface area contributed by atoms with Gasteiger partial charge in [-0.15, -0.1) is 0 Å². The molecular formula is C21H24N2O2. The number of rotatable bonds is 4. The maximum Gasteiger partial charge on any atom is 0.251 e. The van der Waals surface area contributed by atoms with Crippen molar-refractivity contribution in [2.45, 2.75) is 31.1 Å². The average molecular weight is 336 g/mol. The second kappa shape index (κ2) is 6.62. The van der Waals surface area contributed by atoms with Gasteiger partial charge in [0, 0.05) is 20.6 Å². The van der Waals surface area contributed by atoms with Gasteiger partial charge in [0.05, 0.1) is 12.1 Å². The van der Waals surface area contributed by atoms with Gasteiger partial charge < -0.3 is 15.0 Å². The second-order valence-electron chi connectivity index (χ2n) is 7.07. The van der Waals surface area contributed by atoms with Gasteiger partial charge in [-0.3, -0.25) is 4.79 Å². The summed E-state index contributed by atoms with van der Waals surface area (Å²) in [6.07, 6.45) is 1.54. The predicted octanol–water partition coefficient (Wildman–Crippen LogP) is 2.98. The third-order valence-electron chi connectivity index (χ3n) is 5.21. The Kier molecular flexibility index (Phi) is 4.32. The number of fused-ring (bicyclic) bond motifs is 3. The van der Waals surface area contributed by atoms with Crippen LogP contribution >= 0.6 is 0 Å². The number of carbonyl (C=O) groups is 1. The Morgan fingerprint density at radius 2 is 1.64 bits per heavy atom. The number of likely N-dealkylation sites (N-methyl/N-ethyl adjacent to an activating group) is 1. The molecule has 25 heavy (non-hydrogen) atoms. The van der Waals surface area contributed by atoms with E-state index in [0.29, 0.717) is 0 Å². The molecule has 2 atom stereocenters. The molecule has 130 valence electrons. The lowest BCUT2D eigenvalue weighted by Crippen LogP contribution is -2.35. The maximum atomic E-state index is 12.1. The third kappa shape index (κ3) is 2.96. The molecule has 0 aromatic heterocycles. The molecule has 2 aliphatic rings.